The van der Waals surface area contributed by atoms with Crippen molar-refractivity contribution in [1.82, 2.24) is 9.78 Å². The molecule has 1 heterocycles. The van der Waals surface area contributed by atoms with Crippen LogP contribution in [-0.4, -0.2) is 9.78 Å². The highest BCUT2D eigenvalue weighted by Gasteiger charge is 2.10. The average molecular weight is 223 g/mol. The zero-order valence-electron chi connectivity index (χ0n) is 7.39. The van der Waals surface area contributed by atoms with Gasteiger partial charge in [-0.2, -0.15) is 10.4 Å². The van der Waals surface area contributed by atoms with Gasteiger partial charge < -0.3 is 5.73 Å². The number of hydrogen-bond donors (Lipinski definition) is 1. The maximum absolute atomic E-state index is 8.67. The van der Waals surface area contributed by atoms with Crippen molar-refractivity contribution in [2.24, 2.45) is 12.8 Å². The van der Waals surface area contributed by atoms with Gasteiger partial charge in [-0.3, -0.25) is 4.68 Å². The fraction of sp³-hybridized carbons (Fsp3) is 0.429. The normalized spacial score (nSPS) is 10.6. The van der Waals surface area contributed by atoms with Gasteiger partial charge >= 0.3 is 0 Å². The Hall–Kier alpha value is -0.760. The first-order valence-electron chi connectivity index (χ1n) is 3.34. The quantitative estimate of drug-likeness (QED) is 0.776. The van der Waals surface area contributed by atoms with Crippen LogP contribution >= 0.6 is 24.8 Å². The minimum Gasteiger partial charge on any atom is -0.324 e. The van der Waals surface area contributed by atoms with E-state index < -0.39 is 0 Å². The lowest BCUT2D eigenvalue weighted by Crippen LogP contribution is -2.06. The average Bonchev–Trinajstić information content (AvgIpc) is 2.30. The highest BCUT2D eigenvalue weighted by atomic mass is 35.5. The number of halogens is 2. The third-order valence-electron chi connectivity index (χ3n) is 1.56. The second-order valence-corrected chi connectivity index (χ2v) is 2.47. The van der Waals surface area contributed by atoms with Crippen LogP contribution in [0.2, 0.25) is 0 Å². The second-order valence-electron chi connectivity index (χ2n) is 2.47. The molecule has 0 spiro atoms. The van der Waals surface area contributed by atoms with Gasteiger partial charge in [0.05, 0.1) is 6.20 Å². The Bertz CT molecular complexity index is 300. The number of hydrogen-bond acceptors (Lipinski definition) is 3. The zero-order valence-corrected chi connectivity index (χ0v) is 9.02. The van der Waals surface area contributed by atoms with Crippen LogP contribution in [0.15, 0.2) is 6.20 Å². The Labute approximate surface area is 89.5 Å². The minimum atomic E-state index is -0.127. The monoisotopic (exact) mass is 222 g/mol. The van der Waals surface area contributed by atoms with E-state index in [2.05, 4.69) is 5.10 Å². The molecular formula is C7H12Cl2N4. The molecule has 0 bridgehead atoms. The molecule has 4 nitrogen and oxygen atoms in total. The molecule has 2 N–H and O–H groups in total. The number of aromatic nitrogens is 2. The molecule has 0 fully saturated rings. The first kappa shape index (κ1) is 14.7. The van der Waals surface area contributed by atoms with Gasteiger partial charge in [0, 0.05) is 18.7 Å². The third kappa shape index (κ3) is 2.88. The van der Waals surface area contributed by atoms with Crippen molar-refractivity contribution < 1.29 is 0 Å². The van der Waals surface area contributed by atoms with Gasteiger partial charge in [0.2, 0.25) is 0 Å². The highest BCUT2D eigenvalue weighted by Crippen LogP contribution is 2.12. The van der Waals surface area contributed by atoms with Crippen LogP contribution in [-0.2, 0) is 7.05 Å². The summed E-state index contributed by atoms with van der Waals surface area (Å²) in [4.78, 5) is 0. The molecule has 0 aliphatic rings. The summed E-state index contributed by atoms with van der Waals surface area (Å²) in [5.74, 6) is 0. The summed E-state index contributed by atoms with van der Waals surface area (Å²) >= 11 is 0. The maximum atomic E-state index is 8.67. The van der Waals surface area contributed by atoms with Gasteiger partial charge in [-0.1, -0.05) is 0 Å². The number of rotatable bonds is 1. The molecule has 1 aromatic heterocycles. The second kappa shape index (κ2) is 5.81. The van der Waals surface area contributed by atoms with Crippen LogP contribution in [0.25, 0.3) is 0 Å². The van der Waals surface area contributed by atoms with Crippen molar-refractivity contribution in [2.75, 3.05) is 0 Å². The van der Waals surface area contributed by atoms with Crippen LogP contribution in [0.1, 0.15) is 24.2 Å². The molecule has 1 atom stereocenters. The van der Waals surface area contributed by atoms with E-state index in [0.29, 0.717) is 5.69 Å². The molecule has 0 amide bonds. The van der Waals surface area contributed by atoms with Crippen LogP contribution < -0.4 is 5.73 Å². The van der Waals surface area contributed by atoms with Gasteiger partial charge in [0.15, 0.2) is 0 Å². The van der Waals surface area contributed by atoms with Gasteiger partial charge in [-0.15, -0.1) is 24.8 Å². The molecule has 0 unspecified atom stereocenters. The van der Waals surface area contributed by atoms with Gasteiger partial charge in [-0.25, -0.2) is 0 Å². The van der Waals surface area contributed by atoms with Gasteiger partial charge in [-0.05, 0) is 6.92 Å². The molecule has 0 radical (unpaired) electrons. The molecule has 74 valence electrons. The summed E-state index contributed by atoms with van der Waals surface area (Å²) < 4.78 is 1.53. The van der Waals surface area contributed by atoms with E-state index in [0.717, 1.165) is 5.56 Å². The van der Waals surface area contributed by atoms with E-state index in [1.54, 1.807) is 13.2 Å². The van der Waals surface area contributed by atoms with Crippen LogP contribution in [0.4, 0.5) is 0 Å². The Kier molecular flexibility index (Phi) is 6.59. The van der Waals surface area contributed by atoms with Crippen molar-refractivity contribution in [3.05, 3.63) is 17.5 Å². The molecule has 0 aliphatic carbocycles. The van der Waals surface area contributed by atoms with Crippen molar-refractivity contribution in [3.63, 3.8) is 0 Å². The first-order chi connectivity index (χ1) is 5.16. The standard InChI is InChI=1S/C7H10N4.2ClH/c1-5(9)6-4-10-11(2)7(6)3-8;;/h4-5H,9H2,1-2H3;2*1H/t5-;;/m1../s1. The number of aryl methyl sites for hydroxylation is 1. The summed E-state index contributed by atoms with van der Waals surface area (Å²) in [6, 6.07) is 1.92. The molecule has 0 aromatic carbocycles. The van der Waals surface area contributed by atoms with E-state index in [9.17, 15) is 0 Å². The molecule has 0 aliphatic heterocycles. The fourth-order valence-corrected chi connectivity index (χ4v) is 0.925. The summed E-state index contributed by atoms with van der Waals surface area (Å²) in [5.41, 5.74) is 6.94. The maximum Gasteiger partial charge on any atom is 0.142 e. The van der Waals surface area contributed by atoms with Crippen LogP contribution in [0.5, 0.6) is 0 Å². The molecule has 1 rings (SSSR count). The Morgan fingerprint density at radius 1 is 1.62 bits per heavy atom. The van der Waals surface area contributed by atoms with E-state index in [1.807, 2.05) is 13.0 Å². The van der Waals surface area contributed by atoms with Crippen molar-refractivity contribution in [1.29, 1.82) is 5.26 Å². The first-order valence-corrected chi connectivity index (χ1v) is 3.34. The van der Waals surface area contributed by atoms with E-state index in [-0.39, 0.29) is 30.9 Å². The summed E-state index contributed by atoms with van der Waals surface area (Å²) in [6.45, 7) is 1.83. The lowest BCUT2D eigenvalue weighted by molar-refractivity contribution is 0.748. The third-order valence-corrected chi connectivity index (χ3v) is 1.56. The summed E-state index contributed by atoms with van der Waals surface area (Å²) in [6.07, 6.45) is 1.63. The highest BCUT2D eigenvalue weighted by molar-refractivity contribution is 5.85. The molecule has 13 heavy (non-hydrogen) atoms. The molecule has 0 saturated carbocycles. The van der Waals surface area contributed by atoms with E-state index in [1.165, 1.54) is 4.68 Å². The van der Waals surface area contributed by atoms with Gasteiger partial charge in [0.25, 0.3) is 0 Å². The van der Waals surface area contributed by atoms with E-state index >= 15 is 0 Å². The number of nitrogens with zero attached hydrogens (tertiary/aromatic N) is 3. The molecular weight excluding hydrogens is 211 g/mol. The number of nitrogens with two attached hydrogens (primary N) is 1. The smallest absolute Gasteiger partial charge is 0.142 e. The predicted octanol–water partition coefficient (Wildman–Crippen LogP) is 1.16. The van der Waals surface area contributed by atoms with Crippen molar-refractivity contribution in [2.45, 2.75) is 13.0 Å². The van der Waals surface area contributed by atoms with E-state index in [4.69, 9.17) is 11.0 Å². The summed E-state index contributed by atoms with van der Waals surface area (Å²) in [5, 5.41) is 12.6. The minimum absolute atomic E-state index is 0. The summed E-state index contributed by atoms with van der Waals surface area (Å²) in [7, 11) is 1.73. The molecule has 0 saturated heterocycles. The Balaban J connectivity index is 0. The Morgan fingerprint density at radius 3 is 2.46 bits per heavy atom. The fourth-order valence-electron chi connectivity index (χ4n) is 0.925. The molecule has 1 aromatic rings. The largest absolute Gasteiger partial charge is 0.324 e. The lowest BCUT2D eigenvalue weighted by Gasteiger charge is -2.00. The lowest BCUT2D eigenvalue weighted by atomic mass is 10.1. The predicted molar refractivity (Wildman–Crippen MR) is 55.0 cm³/mol. The SMILES string of the molecule is C[C@@H](N)c1cnn(C)c1C#N.Cl.Cl. The molecule has 6 heteroatoms. The van der Waals surface area contributed by atoms with Crippen molar-refractivity contribution >= 4 is 24.8 Å². The van der Waals surface area contributed by atoms with Crippen molar-refractivity contribution in [3.8, 4) is 6.07 Å². The Morgan fingerprint density at radius 2 is 2.15 bits per heavy atom. The topological polar surface area (TPSA) is 67.6 Å². The zero-order chi connectivity index (χ0) is 8.43. The van der Waals surface area contributed by atoms with Crippen LogP contribution in [0, 0.1) is 11.3 Å². The van der Waals surface area contributed by atoms with Gasteiger partial charge in [0.1, 0.15) is 11.8 Å². The van der Waals surface area contributed by atoms with Crippen LogP contribution in [0.3, 0.4) is 0 Å². The number of nitriles is 1.